The first-order chi connectivity index (χ1) is 9.93. The van der Waals surface area contributed by atoms with Crippen molar-refractivity contribution >= 4 is 21.9 Å². The molecule has 0 aliphatic carbocycles. The van der Waals surface area contributed by atoms with Crippen LogP contribution in [0.3, 0.4) is 0 Å². The molecule has 0 saturated carbocycles. The predicted octanol–water partition coefficient (Wildman–Crippen LogP) is 0.553. The minimum absolute atomic E-state index is 0.00408. The van der Waals surface area contributed by atoms with E-state index in [0.717, 1.165) is 17.6 Å². The average Bonchev–Trinajstić information content (AvgIpc) is 2.81. The number of nitrogens with zero attached hydrogens (tertiary/aromatic N) is 1. The number of carbonyl (C=O) groups is 2. The summed E-state index contributed by atoms with van der Waals surface area (Å²) >= 11 is 0. The Morgan fingerprint density at radius 1 is 1.29 bits per heavy atom. The molecule has 1 aromatic rings. The molecule has 0 unspecified atom stereocenters. The van der Waals surface area contributed by atoms with Gasteiger partial charge in [0, 0.05) is 0 Å². The van der Waals surface area contributed by atoms with Crippen molar-refractivity contribution in [3.63, 3.8) is 0 Å². The van der Waals surface area contributed by atoms with Crippen LogP contribution in [0.25, 0.3) is 0 Å². The second-order valence-electron chi connectivity index (χ2n) is 4.59. The number of hydrogen-bond acceptors (Lipinski definition) is 6. The SMILES string of the molecule is COC(=O)[C@H]1CS(=O)(=O)CN1C(=O)OCc1ccccc1. The molecule has 21 heavy (non-hydrogen) atoms. The molecule has 1 aromatic carbocycles. The number of methoxy groups -OCH3 is 1. The summed E-state index contributed by atoms with van der Waals surface area (Å²) in [6.07, 6.45) is -0.852. The lowest BCUT2D eigenvalue weighted by atomic mass is 10.2. The molecule has 7 nitrogen and oxygen atoms in total. The third-order valence-corrected chi connectivity index (χ3v) is 4.53. The lowest BCUT2D eigenvalue weighted by molar-refractivity contribution is -0.144. The molecular formula is C13H15NO6S. The molecule has 0 bridgehead atoms. The second kappa shape index (κ2) is 6.13. The fraction of sp³-hybridized carbons (Fsp3) is 0.385. The number of sulfone groups is 1. The molecule has 1 saturated heterocycles. The molecule has 1 aliphatic heterocycles. The first-order valence-electron chi connectivity index (χ1n) is 6.18. The Kier molecular flexibility index (Phi) is 4.46. The van der Waals surface area contributed by atoms with E-state index in [-0.39, 0.29) is 6.61 Å². The van der Waals surface area contributed by atoms with Crippen LogP contribution < -0.4 is 0 Å². The highest BCUT2D eigenvalue weighted by Gasteiger charge is 2.44. The van der Waals surface area contributed by atoms with E-state index in [4.69, 9.17) is 4.74 Å². The number of carbonyl (C=O) groups excluding carboxylic acids is 2. The minimum Gasteiger partial charge on any atom is -0.467 e. The molecule has 8 heteroatoms. The third-order valence-electron chi connectivity index (χ3n) is 3.04. The van der Waals surface area contributed by atoms with Crippen LogP contribution in [-0.2, 0) is 30.7 Å². The highest BCUT2D eigenvalue weighted by Crippen LogP contribution is 2.18. The number of rotatable bonds is 3. The van der Waals surface area contributed by atoms with Gasteiger partial charge in [0.25, 0.3) is 0 Å². The molecule has 0 aromatic heterocycles. The summed E-state index contributed by atoms with van der Waals surface area (Å²) < 4.78 is 32.7. The van der Waals surface area contributed by atoms with Crippen molar-refractivity contribution in [2.45, 2.75) is 12.6 Å². The molecule has 0 spiro atoms. The maximum atomic E-state index is 12.0. The molecule has 1 heterocycles. The maximum Gasteiger partial charge on any atom is 0.411 e. The molecule has 1 aliphatic rings. The number of hydrogen-bond donors (Lipinski definition) is 0. The van der Waals surface area contributed by atoms with Crippen molar-refractivity contribution < 1.29 is 27.5 Å². The van der Waals surface area contributed by atoms with Gasteiger partial charge in [0.1, 0.15) is 18.5 Å². The molecule has 0 N–H and O–H groups in total. The molecular weight excluding hydrogens is 298 g/mol. The summed E-state index contributed by atoms with van der Waals surface area (Å²) in [5, 5.41) is 0. The number of benzene rings is 1. The van der Waals surface area contributed by atoms with E-state index in [1.807, 2.05) is 6.07 Å². The Bertz CT molecular complexity index is 627. The zero-order valence-electron chi connectivity index (χ0n) is 11.4. The molecule has 1 amide bonds. The zero-order valence-corrected chi connectivity index (χ0v) is 12.2. The van der Waals surface area contributed by atoms with Crippen molar-refractivity contribution in [3.8, 4) is 0 Å². The summed E-state index contributed by atoms with van der Waals surface area (Å²) in [6, 6.07) is 7.80. The highest BCUT2D eigenvalue weighted by atomic mass is 32.2. The molecule has 1 fully saturated rings. The summed E-state index contributed by atoms with van der Waals surface area (Å²) in [5.74, 6) is -1.76. The van der Waals surface area contributed by atoms with Gasteiger partial charge in [-0.25, -0.2) is 18.0 Å². The lowest BCUT2D eigenvalue weighted by Crippen LogP contribution is -2.42. The van der Waals surface area contributed by atoms with Gasteiger partial charge in [-0.1, -0.05) is 30.3 Å². The van der Waals surface area contributed by atoms with E-state index < -0.39 is 39.6 Å². The first kappa shape index (κ1) is 15.3. The Morgan fingerprint density at radius 2 is 1.95 bits per heavy atom. The van der Waals surface area contributed by atoms with E-state index in [2.05, 4.69) is 4.74 Å². The summed E-state index contributed by atoms with van der Waals surface area (Å²) in [6.45, 7) is 0.00408. The number of ether oxygens (including phenoxy) is 2. The van der Waals surface area contributed by atoms with Crippen LogP contribution in [-0.4, -0.2) is 50.2 Å². The Balaban J connectivity index is 2.04. The molecule has 1 atom stereocenters. The van der Waals surface area contributed by atoms with Gasteiger partial charge in [-0.2, -0.15) is 0 Å². The Hall–Kier alpha value is -2.09. The lowest BCUT2D eigenvalue weighted by Gasteiger charge is -2.20. The predicted molar refractivity (Wildman–Crippen MR) is 72.9 cm³/mol. The summed E-state index contributed by atoms with van der Waals surface area (Å²) in [7, 11) is -2.36. The van der Waals surface area contributed by atoms with Crippen molar-refractivity contribution in [1.29, 1.82) is 0 Å². The summed E-state index contributed by atoms with van der Waals surface area (Å²) in [5.41, 5.74) is 0.766. The largest absolute Gasteiger partial charge is 0.467 e. The topological polar surface area (TPSA) is 90.0 Å². The minimum atomic E-state index is -3.50. The fourth-order valence-electron chi connectivity index (χ4n) is 2.00. The van der Waals surface area contributed by atoms with Gasteiger partial charge in [0.15, 0.2) is 9.84 Å². The number of esters is 1. The van der Waals surface area contributed by atoms with Crippen molar-refractivity contribution in [3.05, 3.63) is 35.9 Å². The van der Waals surface area contributed by atoms with Crippen LogP contribution in [0.5, 0.6) is 0 Å². The average molecular weight is 313 g/mol. The Labute approximate surface area is 122 Å². The van der Waals surface area contributed by atoms with E-state index in [9.17, 15) is 18.0 Å². The smallest absolute Gasteiger partial charge is 0.411 e. The van der Waals surface area contributed by atoms with Gasteiger partial charge in [0.2, 0.25) is 0 Å². The van der Waals surface area contributed by atoms with Gasteiger partial charge in [-0.3, -0.25) is 4.90 Å². The van der Waals surface area contributed by atoms with E-state index in [1.165, 1.54) is 0 Å². The van der Waals surface area contributed by atoms with Gasteiger partial charge < -0.3 is 9.47 Å². The maximum absolute atomic E-state index is 12.0. The normalized spacial score (nSPS) is 20.0. The zero-order chi connectivity index (χ0) is 15.5. The molecule has 0 radical (unpaired) electrons. The fourth-order valence-corrected chi connectivity index (χ4v) is 3.61. The van der Waals surface area contributed by atoms with Gasteiger partial charge >= 0.3 is 12.1 Å². The Morgan fingerprint density at radius 3 is 2.57 bits per heavy atom. The van der Waals surface area contributed by atoms with Crippen LogP contribution in [0.2, 0.25) is 0 Å². The summed E-state index contributed by atoms with van der Waals surface area (Å²) in [4.78, 5) is 24.4. The highest BCUT2D eigenvalue weighted by molar-refractivity contribution is 7.91. The van der Waals surface area contributed by atoms with Crippen LogP contribution >= 0.6 is 0 Å². The van der Waals surface area contributed by atoms with Crippen LogP contribution in [0.15, 0.2) is 30.3 Å². The quantitative estimate of drug-likeness (QED) is 0.757. The van der Waals surface area contributed by atoms with Crippen LogP contribution in [0, 0.1) is 0 Å². The van der Waals surface area contributed by atoms with Crippen LogP contribution in [0.4, 0.5) is 4.79 Å². The van der Waals surface area contributed by atoms with E-state index in [1.54, 1.807) is 24.3 Å². The monoisotopic (exact) mass is 313 g/mol. The number of amides is 1. The van der Waals surface area contributed by atoms with Crippen molar-refractivity contribution in [1.82, 2.24) is 4.90 Å². The van der Waals surface area contributed by atoms with E-state index in [0.29, 0.717) is 0 Å². The van der Waals surface area contributed by atoms with Gasteiger partial charge in [-0.05, 0) is 5.56 Å². The molecule has 114 valence electrons. The molecule has 2 rings (SSSR count). The first-order valence-corrected chi connectivity index (χ1v) is 8.00. The van der Waals surface area contributed by atoms with Crippen molar-refractivity contribution in [2.24, 2.45) is 0 Å². The van der Waals surface area contributed by atoms with Gasteiger partial charge in [-0.15, -0.1) is 0 Å². The third kappa shape index (κ3) is 3.72. The van der Waals surface area contributed by atoms with Gasteiger partial charge in [0.05, 0.1) is 12.9 Å². The second-order valence-corrected chi connectivity index (χ2v) is 6.67. The van der Waals surface area contributed by atoms with E-state index >= 15 is 0 Å². The standard InChI is InChI=1S/C13H15NO6S/c1-19-12(15)11-8-21(17,18)9-14(11)13(16)20-7-10-5-3-2-4-6-10/h2-6,11H,7-9H2,1H3/t11-/m1/s1. The van der Waals surface area contributed by atoms with Crippen molar-refractivity contribution in [2.75, 3.05) is 18.7 Å². The van der Waals surface area contributed by atoms with Crippen LogP contribution in [0.1, 0.15) is 5.56 Å².